The van der Waals surface area contributed by atoms with E-state index in [2.05, 4.69) is 21.8 Å². The summed E-state index contributed by atoms with van der Waals surface area (Å²) in [6, 6.07) is 0. The zero-order chi connectivity index (χ0) is 16.2. The van der Waals surface area contributed by atoms with E-state index in [4.69, 9.17) is 0 Å². The van der Waals surface area contributed by atoms with E-state index in [1.54, 1.807) is 0 Å². The first-order chi connectivity index (χ1) is 11.2. The van der Waals surface area contributed by atoms with E-state index < -0.39 is 0 Å². The van der Waals surface area contributed by atoms with Crippen LogP contribution in [0.3, 0.4) is 0 Å². The first-order valence-corrected chi connectivity index (χ1v) is 8.70. The van der Waals surface area contributed by atoms with Gasteiger partial charge in [0, 0.05) is 26.2 Å². The van der Waals surface area contributed by atoms with E-state index >= 15 is 0 Å². The zero-order valence-corrected chi connectivity index (χ0v) is 13.8. The summed E-state index contributed by atoms with van der Waals surface area (Å²) in [6.45, 7) is 5.44. The van der Waals surface area contributed by atoms with Gasteiger partial charge < -0.3 is 9.80 Å². The van der Waals surface area contributed by atoms with Crippen LogP contribution in [0.1, 0.15) is 45.4 Å². The molecular formula is C16H25N5O2. The molecule has 2 fully saturated rings. The molecule has 2 heterocycles. The van der Waals surface area contributed by atoms with Crippen molar-refractivity contribution in [2.45, 2.75) is 45.4 Å². The molecule has 1 aromatic rings. The van der Waals surface area contributed by atoms with Crippen molar-refractivity contribution in [3.8, 4) is 0 Å². The number of piperidine rings is 1. The van der Waals surface area contributed by atoms with Crippen LogP contribution in [0.5, 0.6) is 0 Å². The molecule has 0 N–H and O–H groups in total. The molecule has 0 unspecified atom stereocenters. The van der Waals surface area contributed by atoms with Crippen LogP contribution in [-0.4, -0.2) is 41.1 Å². The number of rotatable bonds is 7. The molecule has 126 valence electrons. The van der Waals surface area contributed by atoms with Crippen LogP contribution in [0.2, 0.25) is 0 Å². The summed E-state index contributed by atoms with van der Waals surface area (Å²) in [4.78, 5) is 24.2. The normalized spacial score (nSPS) is 18.0. The highest BCUT2D eigenvalue weighted by Gasteiger charge is 2.33. The van der Waals surface area contributed by atoms with Crippen LogP contribution < -0.4 is 9.80 Å². The molecule has 1 aliphatic heterocycles. The van der Waals surface area contributed by atoms with Crippen molar-refractivity contribution in [2.24, 2.45) is 5.92 Å². The van der Waals surface area contributed by atoms with Crippen molar-refractivity contribution in [3.05, 3.63) is 16.4 Å². The quantitative estimate of drug-likeness (QED) is 0.568. The Labute approximate surface area is 136 Å². The molecule has 0 amide bonds. The summed E-state index contributed by atoms with van der Waals surface area (Å²) in [7, 11) is 0. The SMILES string of the molecule is CCCN(CC1CC1)c1ncnc(N2CCCCC2)c1[N+](=O)[O-]. The number of hydrogen-bond donors (Lipinski definition) is 0. The fourth-order valence-corrected chi connectivity index (χ4v) is 3.26. The maximum absolute atomic E-state index is 11.8. The number of nitro groups is 1. The van der Waals surface area contributed by atoms with E-state index in [1.165, 1.54) is 25.6 Å². The highest BCUT2D eigenvalue weighted by atomic mass is 16.6. The summed E-state index contributed by atoms with van der Waals surface area (Å²) in [5, 5.41) is 11.8. The Kier molecular flexibility index (Phi) is 4.93. The van der Waals surface area contributed by atoms with E-state index in [-0.39, 0.29) is 10.6 Å². The second-order valence-corrected chi connectivity index (χ2v) is 6.56. The largest absolute Gasteiger partial charge is 0.353 e. The van der Waals surface area contributed by atoms with Crippen molar-refractivity contribution in [3.63, 3.8) is 0 Å². The first kappa shape index (κ1) is 16.0. The van der Waals surface area contributed by atoms with Crippen LogP contribution in [0, 0.1) is 16.0 Å². The summed E-state index contributed by atoms with van der Waals surface area (Å²) in [5.74, 6) is 1.66. The lowest BCUT2D eigenvalue weighted by Crippen LogP contribution is -2.33. The summed E-state index contributed by atoms with van der Waals surface area (Å²) >= 11 is 0. The molecule has 1 aromatic heterocycles. The maximum Gasteiger partial charge on any atom is 0.353 e. The summed E-state index contributed by atoms with van der Waals surface area (Å²) in [6.07, 6.45) is 8.20. The van der Waals surface area contributed by atoms with E-state index in [0.717, 1.165) is 45.4 Å². The van der Waals surface area contributed by atoms with Crippen molar-refractivity contribution < 1.29 is 4.92 Å². The molecule has 1 saturated carbocycles. The third-order valence-electron chi connectivity index (χ3n) is 4.59. The van der Waals surface area contributed by atoms with Crippen LogP contribution in [-0.2, 0) is 0 Å². The minimum atomic E-state index is -0.297. The van der Waals surface area contributed by atoms with Crippen LogP contribution >= 0.6 is 0 Å². The van der Waals surface area contributed by atoms with Gasteiger partial charge in [-0.05, 0) is 44.4 Å². The third kappa shape index (κ3) is 3.71. The minimum absolute atomic E-state index is 0.0866. The molecule has 0 radical (unpaired) electrons. The molecule has 7 nitrogen and oxygen atoms in total. The Morgan fingerprint density at radius 2 is 2.04 bits per heavy atom. The van der Waals surface area contributed by atoms with Crippen LogP contribution in [0.4, 0.5) is 17.3 Å². The molecule has 0 spiro atoms. The summed E-state index contributed by atoms with van der Waals surface area (Å²) in [5.41, 5.74) is 0.0866. The molecule has 0 aromatic carbocycles. The number of nitrogens with zero attached hydrogens (tertiary/aromatic N) is 5. The van der Waals surface area contributed by atoms with Gasteiger partial charge in [0.25, 0.3) is 0 Å². The molecule has 23 heavy (non-hydrogen) atoms. The molecular weight excluding hydrogens is 294 g/mol. The van der Waals surface area contributed by atoms with E-state index in [1.807, 2.05) is 4.90 Å². The van der Waals surface area contributed by atoms with Gasteiger partial charge in [-0.3, -0.25) is 10.1 Å². The Morgan fingerprint density at radius 3 is 2.65 bits per heavy atom. The lowest BCUT2D eigenvalue weighted by molar-refractivity contribution is -0.383. The molecule has 7 heteroatoms. The number of aromatic nitrogens is 2. The standard InChI is InChI=1S/C16H25N5O2/c1-2-8-20(11-13-6-7-13)16-14(21(22)23)15(17-12-18-16)19-9-4-3-5-10-19/h12-13H,2-11H2,1H3. The zero-order valence-electron chi connectivity index (χ0n) is 13.8. The monoisotopic (exact) mass is 319 g/mol. The van der Waals surface area contributed by atoms with Gasteiger partial charge in [-0.15, -0.1) is 0 Å². The fraction of sp³-hybridized carbons (Fsp3) is 0.750. The van der Waals surface area contributed by atoms with Crippen LogP contribution in [0.25, 0.3) is 0 Å². The second kappa shape index (κ2) is 7.10. The molecule has 2 aliphatic rings. The highest BCUT2D eigenvalue weighted by Crippen LogP contribution is 2.38. The highest BCUT2D eigenvalue weighted by molar-refractivity contribution is 5.71. The van der Waals surface area contributed by atoms with Gasteiger partial charge in [-0.2, -0.15) is 0 Å². The van der Waals surface area contributed by atoms with Gasteiger partial charge in [0.2, 0.25) is 11.6 Å². The lowest BCUT2D eigenvalue weighted by Gasteiger charge is -2.29. The van der Waals surface area contributed by atoms with Crippen molar-refractivity contribution in [1.29, 1.82) is 0 Å². The Morgan fingerprint density at radius 1 is 1.30 bits per heavy atom. The number of anilines is 2. The molecule has 1 aliphatic carbocycles. The van der Waals surface area contributed by atoms with Crippen molar-refractivity contribution in [2.75, 3.05) is 36.0 Å². The number of hydrogen-bond acceptors (Lipinski definition) is 6. The molecule has 1 saturated heterocycles. The van der Waals surface area contributed by atoms with Gasteiger partial charge in [0.15, 0.2) is 0 Å². The predicted molar refractivity (Wildman–Crippen MR) is 90.0 cm³/mol. The molecule has 3 rings (SSSR count). The molecule has 0 bridgehead atoms. The average molecular weight is 319 g/mol. The van der Waals surface area contributed by atoms with E-state index in [0.29, 0.717) is 17.6 Å². The summed E-state index contributed by atoms with van der Waals surface area (Å²) < 4.78 is 0. The minimum Gasteiger partial charge on any atom is -0.351 e. The van der Waals surface area contributed by atoms with Gasteiger partial charge in [0.1, 0.15) is 6.33 Å². The third-order valence-corrected chi connectivity index (χ3v) is 4.59. The predicted octanol–water partition coefficient (Wildman–Crippen LogP) is 3.00. The van der Waals surface area contributed by atoms with Gasteiger partial charge in [-0.25, -0.2) is 9.97 Å². The molecule has 0 atom stereocenters. The second-order valence-electron chi connectivity index (χ2n) is 6.56. The Balaban J connectivity index is 1.95. The van der Waals surface area contributed by atoms with Crippen molar-refractivity contribution >= 4 is 17.3 Å². The van der Waals surface area contributed by atoms with Gasteiger partial charge >= 0.3 is 5.69 Å². The average Bonchev–Trinajstić information content (AvgIpc) is 3.38. The topological polar surface area (TPSA) is 75.4 Å². The van der Waals surface area contributed by atoms with Gasteiger partial charge in [0.05, 0.1) is 4.92 Å². The first-order valence-electron chi connectivity index (χ1n) is 8.70. The van der Waals surface area contributed by atoms with Crippen molar-refractivity contribution in [1.82, 2.24) is 9.97 Å². The smallest absolute Gasteiger partial charge is 0.351 e. The maximum atomic E-state index is 11.8. The van der Waals surface area contributed by atoms with Crippen LogP contribution in [0.15, 0.2) is 6.33 Å². The Hall–Kier alpha value is -1.92. The Bertz CT molecular complexity index is 555. The fourth-order valence-electron chi connectivity index (χ4n) is 3.26. The lowest BCUT2D eigenvalue weighted by atomic mass is 10.1. The van der Waals surface area contributed by atoms with E-state index in [9.17, 15) is 10.1 Å². The van der Waals surface area contributed by atoms with Gasteiger partial charge in [-0.1, -0.05) is 6.92 Å².